The van der Waals surface area contributed by atoms with E-state index in [1.807, 2.05) is 11.5 Å². The number of rotatable bonds is 3. The van der Waals surface area contributed by atoms with Gasteiger partial charge in [0.1, 0.15) is 5.82 Å². The summed E-state index contributed by atoms with van der Waals surface area (Å²) < 4.78 is 6.88. The van der Waals surface area contributed by atoms with Crippen LogP contribution in [0.15, 0.2) is 0 Å². The molecule has 0 N–H and O–H groups in total. The molecule has 0 bridgehead atoms. The number of aromatic nitrogens is 3. The molecule has 0 radical (unpaired) electrons. The zero-order chi connectivity index (χ0) is 11.7. The van der Waals surface area contributed by atoms with Crippen LogP contribution in [0.3, 0.4) is 0 Å². The summed E-state index contributed by atoms with van der Waals surface area (Å²) in [5, 5.41) is 7.86. The van der Waals surface area contributed by atoms with Gasteiger partial charge in [0.15, 0.2) is 0 Å². The van der Waals surface area contributed by atoms with E-state index in [0.717, 1.165) is 24.6 Å². The number of carbonyl (C=O) groups excluding carboxylic acids is 1. The van der Waals surface area contributed by atoms with Gasteiger partial charge in [0, 0.05) is 6.04 Å². The van der Waals surface area contributed by atoms with E-state index < -0.39 is 0 Å². The Morgan fingerprint density at radius 1 is 1.50 bits per heavy atom. The maximum atomic E-state index is 11.7. The van der Waals surface area contributed by atoms with E-state index >= 15 is 0 Å². The molecule has 0 atom stereocenters. The zero-order valence-electron chi connectivity index (χ0n) is 9.93. The lowest BCUT2D eigenvalue weighted by molar-refractivity contribution is 0.0494. The first kappa shape index (κ1) is 11.1. The highest BCUT2D eigenvalue weighted by molar-refractivity contribution is 5.85. The molecular weight excluding hydrogens is 206 g/mol. The van der Waals surface area contributed by atoms with Crippen LogP contribution in [0.5, 0.6) is 0 Å². The predicted molar refractivity (Wildman–Crippen MR) is 58.2 cm³/mol. The standard InChI is InChI=1S/C11H17N3O2/c1-4-16-11(15)10-13-12-8(3)14(10)9-5-7(2)6-9/h7,9H,4-6H2,1-3H3. The second-order valence-electron chi connectivity index (χ2n) is 4.39. The van der Waals surface area contributed by atoms with Crippen molar-refractivity contribution in [2.24, 2.45) is 5.92 Å². The predicted octanol–water partition coefficient (Wildman–Crippen LogP) is 1.73. The molecule has 1 aliphatic rings. The summed E-state index contributed by atoms with van der Waals surface area (Å²) >= 11 is 0. The van der Waals surface area contributed by atoms with Gasteiger partial charge in [-0.2, -0.15) is 0 Å². The van der Waals surface area contributed by atoms with Gasteiger partial charge in [-0.1, -0.05) is 6.92 Å². The molecule has 0 spiro atoms. The van der Waals surface area contributed by atoms with Gasteiger partial charge in [-0.3, -0.25) is 0 Å². The Hall–Kier alpha value is -1.39. The summed E-state index contributed by atoms with van der Waals surface area (Å²) in [6, 6.07) is 0.365. The molecule has 1 fully saturated rings. The van der Waals surface area contributed by atoms with Gasteiger partial charge < -0.3 is 9.30 Å². The Bertz CT molecular complexity index is 394. The SMILES string of the molecule is CCOC(=O)c1nnc(C)n1C1CC(C)C1. The molecule has 0 saturated heterocycles. The molecule has 0 aliphatic heterocycles. The van der Waals surface area contributed by atoms with E-state index in [1.165, 1.54) is 0 Å². The van der Waals surface area contributed by atoms with Crippen molar-refractivity contribution in [2.45, 2.75) is 39.7 Å². The van der Waals surface area contributed by atoms with E-state index in [1.54, 1.807) is 6.92 Å². The second kappa shape index (κ2) is 4.23. The van der Waals surface area contributed by atoms with Crippen LogP contribution < -0.4 is 0 Å². The van der Waals surface area contributed by atoms with Gasteiger partial charge in [-0.25, -0.2) is 4.79 Å². The Morgan fingerprint density at radius 2 is 2.19 bits per heavy atom. The van der Waals surface area contributed by atoms with Crippen LogP contribution in [0.1, 0.15) is 49.2 Å². The Balaban J connectivity index is 2.22. The fraction of sp³-hybridized carbons (Fsp3) is 0.727. The van der Waals surface area contributed by atoms with Gasteiger partial charge in [-0.15, -0.1) is 10.2 Å². The molecule has 5 nitrogen and oxygen atoms in total. The van der Waals surface area contributed by atoms with Gasteiger partial charge in [0.05, 0.1) is 6.61 Å². The van der Waals surface area contributed by atoms with Crippen molar-refractivity contribution in [1.82, 2.24) is 14.8 Å². The fourth-order valence-corrected chi connectivity index (χ4v) is 2.21. The van der Waals surface area contributed by atoms with Gasteiger partial charge in [-0.05, 0) is 32.6 Å². The lowest BCUT2D eigenvalue weighted by Crippen LogP contribution is -2.28. The van der Waals surface area contributed by atoms with Gasteiger partial charge >= 0.3 is 5.97 Å². The van der Waals surface area contributed by atoms with Crippen LogP contribution in [0.4, 0.5) is 0 Å². The molecule has 1 heterocycles. The highest BCUT2D eigenvalue weighted by Crippen LogP contribution is 2.38. The monoisotopic (exact) mass is 223 g/mol. The number of nitrogens with zero attached hydrogens (tertiary/aromatic N) is 3. The fourth-order valence-electron chi connectivity index (χ4n) is 2.21. The van der Waals surface area contributed by atoms with Crippen molar-refractivity contribution < 1.29 is 9.53 Å². The van der Waals surface area contributed by atoms with Crippen molar-refractivity contribution in [3.05, 3.63) is 11.6 Å². The van der Waals surface area contributed by atoms with Crippen molar-refractivity contribution >= 4 is 5.97 Å². The number of hydrogen-bond donors (Lipinski definition) is 0. The van der Waals surface area contributed by atoms with Crippen LogP contribution >= 0.6 is 0 Å². The quantitative estimate of drug-likeness (QED) is 0.732. The van der Waals surface area contributed by atoms with Gasteiger partial charge in [0.2, 0.25) is 5.82 Å². The Morgan fingerprint density at radius 3 is 2.75 bits per heavy atom. The molecule has 1 aromatic heterocycles. The number of carbonyl (C=O) groups is 1. The van der Waals surface area contributed by atoms with Crippen LogP contribution in [-0.4, -0.2) is 27.3 Å². The molecule has 1 aliphatic carbocycles. The molecule has 2 rings (SSSR count). The average molecular weight is 223 g/mol. The summed E-state index contributed by atoms with van der Waals surface area (Å²) in [6.07, 6.45) is 2.18. The molecular formula is C11H17N3O2. The normalized spacial score (nSPS) is 23.9. The molecule has 0 aromatic carbocycles. The molecule has 0 unspecified atom stereocenters. The van der Waals surface area contributed by atoms with Crippen LogP contribution in [0, 0.1) is 12.8 Å². The van der Waals surface area contributed by atoms with E-state index in [-0.39, 0.29) is 5.97 Å². The van der Waals surface area contributed by atoms with Crippen molar-refractivity contribution in [1.29, 1.82) is 0 Å². The van der Waals surface area contributed by atoms with Crippen LogP contribution in [0.25, 0.3) is 0 Å². The number of hydrogen-bond acceptors (Lipinski definition) is 4. The Labute approximate surface area is 94.8 Å². The molecule has 1 saturated carbocycles. The third-order valence-corrected chi connectivity index (χ3v) is 3.04. The van der Waals surface area contributed by atoms with E-state index in [2.05, 4.69) is 17.1 Å². The first-order valence-electron chi connectivity index (χ1n) is 5.72. The number of aryl methyl sites for hydroxylation is 1. The third-order valence-electron chi connectivity index (χ3n) is 3.04. The lowest BCUT2D eigenvalue weighted by atomic mass is 9.81. The minimum atomic E-state index is -0.373. The maximum Gasteiger partial charge on any atom is 0.376 e. The number of ether oxygens (including phenoxy) is 1. The topological polar surface area (TPSA) is 57.0 Å². The van der Waals surface area contributed by atoms with E-state index in [0.29, 0.717) is 18.5 Å². The van der Waals surface area contributed by atoms with E-state index in [9.17, 15) is 4.79 Å². The zero-order valence-corrected chi connectivity index (χ0v) is 9.93. The number of esters is 1. The van der Waals surface area contributed by atoms with Crippen LogP contribution in [0.2, 0.25) is 0 Å². The molecule has 0 amide bonds. The molecule has 88 valence electrons. The lowest BCUT2D eigenvalue weighted by Gasteiger charge is -2.34. The highest BCUT2D eigenvalue weighted by atomic mass is 16.5. The summed E-state index contributed by atoms with van der Waals surface area (Å²) in [7, 11) is 0. The summed E-state index contributed by atoms with van der Waals surface area (Å²) in [5.74, 6) is 1.49. The average Bonchev–Trinajstić information content (AvgIpc) is 2.56. The molecule has 5 heteroatoms. The van der Waals surface area contributed by atoms with Crippen LogP contribution in [-0.2, 0) is 4.74 Å². The maximum absolute atomic E-state index is 11.7. The smallest absolute Gasteiger partial charge is 0.376 e. The second-order valence-corrected chi connectivity index (χ2v) is 4.39. The highest BCUT2D eigenvalue weighted by Gasteiger charge is 2.32. The minimum Gasteiger partial charge on any atom is -0.460 e. The van der Waals surface area contributed by atoms with Crippen molar-refractivity contribution in [3.8, 4) is 0 Å². The summed E-state index contributed by atoms with van der Waals surface area (Å²) in [5.41, 5.74) is 0. The first-order chi connectivity index (χ1) is 7.63. The largest absolute Gasteiger partial charge is 0.460 e. The van der Waals surface area contributed by atoms with Crippen molar-refractivity contribution in [2.75, 3.05) is 6.61 Å². The summed E-state index contributed by atoms with van der Waals surface area (Å²) in [6.45, 7) is 6.24. The van der Waals surface area contributed by atoms with Gasteiger partial charge in [0.25, 0.3) is 0 Å². The van der Waals surface area contributed by atoms with Crippen molar-refractivity contribution in [3.63, 3.8) is 0 Å². The molecule has 16 heavy (non-hydrogen) atoms. The summed E-state index contributed by atoms with van der Waals surface area (Å²) in [4.78, 5) is 11.7. The Kier molecular flexibility index (Phi) is 2.94. The van der Waals surface area contributed by atoms with E-state index in [4.69, 9.17) is 4.74 Å². The first-order valence-corrected chi connectivity index (χ1v) is 5.72. The molecule has 1 aromatic rings. The third kappa shape index (κ3) is 1.81. The minimum absolute atomic E-state index is 0.344.